The van der Waals surface area contributed by atoms with Crippen LogP contribution in [0, 0.1) is 0 Å². The van der Waals surface area contributed by atoms with Crippen LogP contribution < -0.4 is 5.73 Å². The van der Waals surface area contributed by atoms with Gasteiger partial charge in [-0.3, -0.25) is 4.79 Å². The van der Waals surface area contributed by atoms with Gasteiger partial charge in [-0.25, -0.2) is 9.78 Å². The Morgan fingerprint density at radius 1 is 1.41 bits per heavy atom. The monoisotopic (exact) mass is 234 g/mol. The first-order valence-corrected chi connectivity index (χ1v) is 4.94. The highest BCUT2D eigenvalue weighted by Crippen LogP contribution is 2.16. The summed E-state index contributed by atoms with van der Waals surface area (Å²) in [6.07, 6.45) is -2.03. The van der Waals surface area contributed by atoms with Crippen LogP contribution in [0.25, 0.3) is 11.1 Å². The van der Waals surface area contributed by atoms with Crippen molar-refractivity contribution >= 4 is 23.0 Å². The molecule has 1 amide bonds. The summed E-state index contributed by atoms with van der Waals surface area (Å²) in [4.78, 5) is 26.3. The summed E-state index contributed by atoms with van der Waals surface area (Å²) in [6.45, 7) is 1.40. The van der Waals surface area contributed by atoms with Crippen LogP contribution in [-0.2, 0) is 4.74 Å². The van der Waals surface area contributed by atoms with E-state index in [0.29, 0.717) is 11.1 Å². The van der Waals surface area contributed by atoms with Crippen LogP contribution in [-0.4, -0.2) is 23.0 Å². The van der Waals surface area contributed by atoms with E-state index in [1.807, 2.05) is 0 Å². The molecular weight excluding hydrogens is 224 g/mol. The molecule has 2 N–H and O–H groups in total. The van der Waals surface area contributed by atoms with Crippen LogP contribution in [0.1, 0.15) is 17.6 Å². The van der Waals surface area contributed by atoms with Crippen molar-refractivity contribution in [3.05, 3.63) is 30.2 Å². The summed E-state index contributed by atoms with van der Waals surface area (Å²) in [6, 6.07) is 6.96. The Hall–Kier alpha value is -2.37. The summed E-state index contributed by atoms with van der Waals surface area (Å²) in [7, 11) is 0. The van der Waals surface area contributed by atoms with E-state index in [0.717, 1.165) is 0 Å². The van der Waals surface area contributed by atoms with E-state index in [9.17, 15) is 9.59 Å². The molecule has 6 nitrogen and oxygen atoms in total. The first-order valence-electron chi connectivity index (χ1n) is 4.94. The molecule has 2 rings (SSSR count). The number of Topliss-reactive ketones (excluding diaryl/α,β-unsaturated/α-hetero) is 1. The number of nitrogens with zero attached hydrogens (tertiary/aromatic N) is 1. The molecule has 6 heteroatoms. The quantitative estimate of drug-likeness (QED) is 0.811. The lowest BCUT2D eigenvalue weighted by Gasteiger charge is -2.06. The highest BCUT2D eigenvalue weighted by atomic mass is 16.6. The minimum Gasteiger partial charge on any atom is -0.438 e. The van der Waals surface area contributed by atoms with Gasteiger partial charge >= 0.3 is 6.09 Å². The smallest absolute Gasteiger partial charge is 0.405 e. The van der Waals surface area contributed by atoms with Crippen molar-refractivity contribution in [3.63, 3.8) is 0 Å². The number of rotatable bonds is 3. The topological polar surface area (TPSA) is 95.4 Å². The zero-order chi connectivity index (χ0) is 12.4. The van der Waals surface area contributed by atoms with Gasteiger partial charge < -0.3 is 14.9 Å². The number of primary amides is 1. The van der Waals surface area contributed by atoms with E-state index in [-0.39, 0.29) is 5.89 Å². The van der Waals surface area contributed by atoms with Gasteiger partial charge in [-0.2, -0.15) is 0 Å². The third kappa shape index (κ3) is 2.25. The molecule has 0 radical (unpaired) electrons. The number of carbonyl (C=O) groups is 2. The zero-order valence-corrected chi connectivity index (χ0v) is 9.04. The number of para-hydroxylation sites is 2. The maximum absolute atomic E-state index is 11.8. The molecule has 0 fully saturated rings. The number of oxazole rings is 1. The van der Waals surface area contributed by atoms with E-state index in [1.165, 1.54) is 6.92 Å². The van der Waals surface area contributed by atoms with Crippen molar-refractivity contribution in [2.24, 2.45) is 5.73 Å². The normalized spacial score (nSPS) is 12.3. The predicted octanol–water partition coefficient (Wildman–Crippen LogP) is 1.49. The summed E-state index contributed by atoms with van der Waals surface area (Å²) in [5.41, 5.74) is 5.89. The fraction of sp³-hybridized carbons (Fsp3) is 0.182. The summed E-state index contributed by atoms with van der Waals surface area (Å²) in [5, 5.41) is 0. The van der Waals surface area contributed by atoms with Crippen LogP contribution >= 0.6 is 0 Å². The van der Waals surface area contributed by atoms with Crippen LogP contribution in [0.5, 0.6) is 0 Å². The van der Waals surface area contributed by atoms with Crippen LogP contribution in [0.3, 0.4) is 0 Å². The van der Waals surface area contributed by atoms with Gasteiger partial charge in [0.2, 0.25) is 0 Å². The molecule has 1 unspecified atom stereocenters. The largest absolute Gasteiger partial charge is 0.438 e. The van der Waals surface area contributed by atoms with Gasteiger partial charge in [0.25, 0.3) is 11.7 Å². The van der Waals surface area contributed by atoms with Gasteiger partial charge in [-0.05, 0) is 19.1 Å². The number of ether oxygens (including phenoxy) is 1. The highest BCUT2D eigenvalue weighted by Gasteiger charge is 2.23. The third-order valence-corrected chi connectivity index (χ3v) is 2.17. The van der Waals surface area contributed by atoms with Crippen LogP contribution in [0.15, 0.2) is 28.7 Å². The van der Waals surface area contributed by atoms with Crippen molar-refractivity contribution in [3.8, 4) is 0 Å². The molecule has 0 aliphatic heterocycles. The first-order chi connectivity index (χ1) is 8.08. The molecule has 0 aliphatic rings. The van der Waals surface area contributed by atoms with Gasteiger partial charge in [-0.1, -0.05) is 12.1 Å². The minimum absolute atomic E-state index is 0.0973. The highest BCUT2D eigenvalue weighted by molar-refractivity contribution is 5.97. The molecule has 0 saturated carbocycles. The summed E-state index contributed by atoms with van der Waals surface area (Å²) < 4.78 is 9.79. The molecular formula is C11H10N2O4. The molecule has 17 heavy (non-hydrogen) atoms. The Bertz CT molecular complexity index is 543. The van der Waals surface area contributed by atoms with Gasteiger partial charge in [-0.15, -0.1) is 0 Å². The second kappa shape index (κ2) is 4.25. The van der Waals surface area contributed by atoms with Gasteiger partial charge in [0.1, 0.15) is 5.52 Å². The first kappa shape index (κ1) is 11.1. The molecule has 0 bridgehead atoms. The van der Waals surface area contributed by atoms with Gasteiger partial charge in [0.15, 0.2) is 11.7 Å². The minimum atomic E-state index is -1.01. The second-order valence-corrected chi connectivity index (χ2v) is 3.43. The fourth-order valence-corrected chi connectivity index (χ4v) is 1.38. The number of carbonyl (C=O) groups excluding carboxylic acids is 2. The molecule has 0 spiro atoms. The lowest BCUT2D eigenvalue weighted by atomic mass is 10.2. The Morgan fingerprint density at radius 2 is 2.12 bits per heavy atom. The molecule has 2 aromatic rings. The van der Waals surface area contributed by atoms with Crippen molar-refractivity contribution in [1.29, 1.82) is 0 Å². The van der Waals surface area contributed by atoms with Gasteiger partial charge in [0, 0.05) is 0 Å². The molecule has 1 aromatic heterocycles. The second-order valence-electron chi connectivity index (χ2n) is 3.43. The Balaban J connectivity index is 2.27. The Kier molecular flexibility index (Phi) is 2.78. The lowest BCUT2D eigenvalue weighted by Crippen LogP contribution is -2.27. The standard InChI is InChI=1S/C11H10N2O4/c1-6(16-11(12)15)9(14)10-13-7-4-2-3-5-8(7)17-10/h2-6H,1H3,(H2,12,15). The van der Waals surface area contributed by atoms with E-state index in [2.05, 4.69) is 9.72 Å². The zero-order valence-electron chi connectivity index (χ0n) is 9.04. The van der Waals surface area contributed by atoms with E-state index in [4.69, 9.17) is 10.2 Å². The van der Waals surface area contributed by atoms with E-state index >= 15 is 0 Å². The van der Waals surface area contributed by atoms with Crippen LogP contribution in [0.2, 0.25) is 0 Å². The van der Waals surface area contributed by atoms with E-state index in [1.54, 1.807) is 24.3 Å². The third-order valence-electron chi connectivity index (χ3n) is 2.17. The number of fused-ring (bicyclic) bond motifs is 1. The van der Waals surface area contributed by atoms with Crippen molar-refractivity contribution in [1.82, 2.24) is 4.98 Å². The molecule has 0 aliphatic carbocycles. The molecule has 1 aromatic carbocycles. The van der Waals surface area contributed by atoms with Crippen molar-refractivity contribution in [2.75, 3.05) is 0 Å². The number of hydrogen-bond acceptors (Lipinski definition) is 5. The maximum atomic E-state index is 11.8. The lowest BCUT2D eigenvalue weighted by molar-refractivity contribution is 0.0664. The average molecular weight is 234 g/mol. The Morgan fingerprint density at radius 3 is 2.76 bits per heavy atom. The average Bonchev–Trinajstić information content (AvgIpc) is 2.70. The van der Waals surface area contributed by atoms with Crippen molar-refractivity contribution in [2.45, 2.75) is 13.0 Å². The molecule has 0 saturated heterocycles. The number of hydrogen-bond donors (Lipinski definition) is 1. The number of aromatic nitrogens is 1. The number of nitrogens with two attached hydrogens (primary N) is 1. The van der Waals surface area contributed by atoms with E-state index < -0.39 is 18.0 Å². The summed E-state index contributed by atoms with van der Waals surface area (Å²) in [5.74, 6) is -0.625. The molecule has 1 atom stereocenters. The fourth-order valence-electron chi connectivity index (χ4n) is 1.38. The van der Waals surface area contributed by atoms with Crippen molar-refractivity contribution < 1.29 is 18.7 Å². The van der Waals surface area contributed by atoms with Gasteiger partial charge in [0.05, 0.1) is 0 Å². The maximum Gasteiger partial charge on any atom is 0.405 e. The number of benzene rings is 1. The predicted molar refractivity (Wildman–Crippen MR) is 58.5 cm³/mol. The SMILES string of the molecule is CC(OC(N)=O)C(=O)c1nc2ccccc2o1. The molecule has 1 heterocycles. The number of ketones is 1. The van der Waals surface area contributed by atoms with Crippen LogP contribution in [0.4, 0.5) is 4.79 Å². The molecule has 88 valence electrons. The number of amides is 1. The Labute approximate surface area is 96.4 Å². The summed E-state index contributed by atoms with van der Waals surface area (Å²) >= 11 is 0.